The number of carbonyl (C=O) groups excluding carboxylic acids is 1. The molecule has 0 radical (unpaired) electrons. The molecule has 0 atom stereocenters. The summed E-state index contributed by atoms with van der Waals surface area (Å²) >= 11 is 1.31. The van der Waals surface area contributed by atoms with Crippen LogP contribution in [0.5, 0.6) is 0 Å². The Hall–Kier alpha value is -1.89. The molecular weight excluding hydrogens is 312 g/mol. The van der Waals surface area contributed by atoms with Crippen LogP contribution in [0.1, 0.15) is 35.4 Å². The van der Waals surface area contributed by atoms with E-state index in [9.17, 15) is 9.59 Å². The highest BCUT2D eigenvalue weighted by atomic mass is 32.1. The summed E-state index contributed by atoms with van der Waals surface area (Å²) in [5, 5.41) is 4.11. The number of rotatable bonds is 4. The summed E-state index contributed by atoms with van der Waals surface area (Å²) in [5.74, 6) is -0.0409. The van der Waals surface area contributed by atoms with E-state index in [1.807, 2.05) is 13.2 Å². The molecule has 2 heterocycles. The number of hydrogen-bond donors (Lipinski definition) is 0. The molecule has 0 saturated carbocycles. The van der Waals surface area contributed by atoms with Gasteiger partial charge in [-0.25, -0.2) is 0 Å². The quantitative estimate of drug-likeness (QED) is 0.798. The van der Waals surface area contributed by atoms with E-state index >= 15 is 0 Å². The Morgan fingerprint density at radius 3 is 2.87 bits per heavy atom. The summed E-state index contributed by atoms with van der Waals surface area (Å²) in [4.78, 5) is 27.6. The molecular formula is C16H22N4O2S. The maximum Gasteiger partial charge on any atom is 0.308 e. The minimum absolute atomic E-state index is 0.0000257. The fourth-order valence-corrected chi connectivity index (χ4v) is 4.11. The molecule has 0 N–H and O–H groups in total. The van der Waals surface area contributed by atoms with Gasteiger partial charge in [0.25, 0.3) is 0 Å². The first-order chi connectivity index (χ1) is 11.0. The maximum absolute atomic E-state index is 12.5. The van der Waals surface area contributed by atoms with Crippen LogP contribution >= 0.6 is 11.3 Å². The molecule has 2 aromatic heterocycles. The molecule has 0 aliphatic heterocycles. The van der Waals surface area contributed by atoms with Crippen molar-refractivity contribution in [3.8, 4) is 0 Å². The molecule has 7 heteroatoms. The molecule has 2 aromatic rings. The van der Waals surface area contributed by atoms with Gasteiger partial charge in [0.2, 0.25) is 5.91 Å². The van der Waals surface area contributed by atoms with Crippen molar-refractivity contribution in [3.63, 3.8) is 0 Å². The molecule has 1 aliphatic carbocycles. The first kappa shape index (κ1) is 16.0. The molecule has 0 spiro atoms. The Kier molecular flexibility index (Phi) is 4.66. The molecule has 1 amide bonds. The second-order valence-corrected chi connectivity index (χ2v) is 7.20. The van der Waals surface area contributed by atoms with E-state index in [0.717, 1.165) is 36.9 Å². The smallest absolute Gasteiger partial charge is 0.308 e. The van der Waals surface area contributed by atoms with Crippen molar-refractivity contribution in [2.45, 2.75) is 45.2 Å². The van der Waals surface area contributed by atoms with Gasteiger partial charge in [-0.3, -0.25) is 18.8 Å². The van der Waals surface area contributed by atoms with Gasteiger partial charge in [0.15, 0.2) is 0 Å². The summed E-state index contributed by atoms with van der Waals surface area (Å²) in [6.45, 7) is 0.648. The van der Waals surface area contributed by atoms with Gasteiger partial charge < -0.3 is 4.90 Å². The highest BCUT2D eigenvalue weighted by Crippen LogP contribution is 2.22. The number of hydrogen-bond acceptors (Lipinski definition) is 4. The number of amides is 1. The average Bonchev–Trinajstić information content (AvgIpc) is 2.94. The normalized spacial score (nSPS) is 14.3. The van der Waals surface area contributed by atoms with Crippen LogP contribution in [-0.4, -0.2) is 32.2 Å². The van der Waals surface area contributed by atoms with E-state index in [0.29, 0.717) is 6.54 Å². The van der Waals surface area contributed by atoms with E-state index in [1.165, 1.54) is 22.6 Å². The lowest BCUT2D eigenvalue weighted by Crippen LogP contribution is -2.32. The lowest BCUT2D eigenvalue weighted by Gasteiger charge is -2.17. The highest BCUT2D eigenvalue weighted by molar-refractivity contribution is 7.09. The van der Waals surface area contributed by atoms with Gasteiger partial charge in [-0.05, 0) is 25.7 Å². The number of fused-ring (bicyclic) bond motifs is 1. The standard InChI is InChI=1S/C16H22N4O2S/c1-18(9-12-8-17-19(2)10-12)15(21)11-20-13-6-4-3-5-7-14(13)23-16(20)22/h8,10H,3-7,9,11H2,1-2H3. The molecule has 0 fully saturated rings. The van der Waals surface area contributed by atoms with Crippen LogP contribution in [0.3, 0.4) is 0 Å². The van der Waals surface area contributed by atoms with Gasteiger partial charge in [-0.15, -0.1) is 0 Å². The van der Waals surface area contributed by atoms with E-state index in [4.69, 9.17) is 0 Å². The summed E-state index contributed by atoms with van der Waals surface area (Å²) in [6.07, 6.45) is 8.98. The Morgan fingerprint density at radius 2 is 2.13 bits per heavy atom. The zero-order valence-electron chi connectivity index (χ0n) is 13.6. The third-order valence-electron chi connectivity index (χ3n) is 4.29. The lowest BCUT2D eigenvalue weighted by atomic mass is 10.2. The van der Waals surface area contributed by atoms with E-state index in [2.05, 4.69) is 5.10 Å². The van der Waals surface area contributed by atoms with Crippen molar-refractivity contribution in [2.75, 3.05) is 7.05 Å². The molecule has 3 rings (SSSR count). The van der Waals surface area contributed by atoms with Crippen molar-refractivity contribution in [1.82, 2.24) is 19.2 Å². The second-order valence-electron chi connectivity index (χ2n) is 6.16. The van der Waals surface area contributed by atoms with Crippen molar-refractivity contribution in [1.29, 1.82) is 0 Å². The molecule has 0 unspecified atom stereocenters. The van der Waals surface area contributed by atoms with Crippen molar-refractivity contribution >= 4 is 17.2 Å². The van der Waals surface area contributed by atoms with Crippen LogP contribution in [0.4, 0.5) is 0 Å². The number of aromatic nitrogens is 3. The van der Waals surface area contributed by atoms with E-state index in [1.54, 1.807) is 27.4 Å². The van der Waals surface area contributed by atoms with Crippen LogP contribution in [0, 0.1) is 0 Å². The molecule has 23 heavy (non-hydrogen) atoms. The molecule has 0 saturated heterocycles. The van der Waals surface area contributed by atoms with E-state index in [-0.39, 0.29) is 17.3 Å². The predicted octanol–water partition coefficient (Wildman–Crippen LogP) is 1.57. The molecule has 124 valence electrons. The van der Waals surface area contributed by atoms with Gasteiger partial charge in [0, 0.05) is 43.0 Å². The van der Waals surface area contributed by atoms with Gasteiger partial charge >= 0.3 is 4.87 Å². The second kappa shape index (κ2) is 6.70. The monoisotopic (exact) mass is 334 g/mol. The van der Waals surface area contributed by atoms with Crippen molar-refractivity contribution in [3.05, 3.63) is 38.2 Å². The van der Waals surface area contributed by atoms with Crippen LogP contribution in [0.25, 0.3) is 0 Å². The topological polar surface area (TPSA) is 60.1 Å². The van der Waals surface area contributed by atoms with Crippen LogP contribution in [0.2, 0.25) is 0 Å². The Bertz CT molecular complexity index is 758. The van der Waals surface area contributed by atoms with Gasteiger partial charge in [0.05, 0.1) is 6.20 Å². The summed E-state index contributed by atoms with van der Waals surface area (Å²) in [7, 11) is 3.62. The van der Waals surface area contributed by atoms with Gasteiger partial charge in [0.1, 0.15) is 6.54 Å². The minimum atomic E-state index is -0.0409. The first-order valence-corrected chi connectivity index (χ1v) is 8.79. The van der Waals surface area contributed by atoms with Crippen molar-refractivity contribution < 1.29 is 4.79 Å². The zero-order valence-corrected chi connectivity index (χ0v) is 14.4. The Morgan fingerprint density at radius 1 is 1.35 bits per heavy atom. The largest absolute Gasteiger partial charge is 0.340 e. The van der Waals surface area contributed by atoms with Crippen LogP contribution in [0.15, 0.2) is 17.2 Å². The Labute approximate surface area is 139 Å². The first-order valence-electron chi connectivity index (χ1n) is 7.97. The zero-order chi connectivity index (χ0) is 16.4. The lowest BCUT2D eigenvalue weighted by molar-refractivity contribution is -0.131. The molecule has 0 bridgehead atoms. The highest BCUT2D eigenvalue weighted by Gasteiger charge is 2.20. The van der Waals surface area contributed by atoms with Crippen molar-refractivity contribution in [2.24, 2.45) is 7.05 Å². The number of likely N-dealkylation sites (N-methyl/N-ethyl adjacent to an activating group) is 1. The van der Waals surface area contributed by atoms with Gasteiger partial charge in [-0.2, -0.15) is 5.10 Å². The summed E-state index contributed by atoms with van der Waals surface area (Å²) in [5.41, 5.74) is 2.07. The van der Waals surface area contributed by atoms with Crippen LogP contribution < -0.4 is 4.87 Å². The molecule has 0 aromatic carbocycles. The third-order valence-corrected chi connectivity index (χ3v) is 5.37. The van der Waals surface area contributed by atoms with E-state index < -0.39 is 0 Å². The number of thiazole rings is 1. The number of nitrogens with zero attached hydrogens (tertiary/aromatic N) is 4. The average molecular weight is 334 g/mol. The molecule has 1 aliphatic rings. The van der Waals surface area contributed by atoms with Gasteiger partial charge in [-0.1, -0.05) is 17.8 Å². The summed E-state index contributed by atoms with van der Waals surface area (Å²) in [6, 6.07) is 0. The summed E-state index contributed by atoms with van der Waals surface area (Å²) < 4.78 is 3.41. The van der Waals surface area contributed by atoms with Crippen LogP contribution in [-0.2, 0) is 37.8 Å². The third kappa shape index (κ3) is 3.55. The minimum Gasteiger partial charge on any atom is -0.340 e. The fourth-order valence-electron chi connectivity index (χ4n) is 3.04. The number of aryl methyl sites for hydroxylation is 2. The SMILES string of the molecule is CN(Cc1cnn(C)c1)C(=O)Cn1c2c(sc1=O)CCCCC2. The fraction of sp³-hybridized carbons (Fsp3) is 0.562. The Balaban J connectivity index is 1.72. The molecule has 6 nitrogen and oxygen atoms in total. The predicted molar refractivity (Wildman–Crippen MR) is 89.5 cm³/mol. The maximum atomic E-state index is 12.5. The number of carbonyl (C=O) groups is 1.